The van der Waals surface area contributed by atoms with E-state index in [-0.39, 0.29) is 18.6 Å². The van der Waals surface area contributed by atoms with Gasteiger partial charge in [0.15, 0.2) is 0 Å². The summed E-state index contributed by atoms with van der Waals surface area (Å²) in [6.07, 6.45) is 3.14. The molecule has 1 saturated carbocycles. The van der Waals surface area contributed by atoms with Gasteiger partial charge in [-0.15, -0.1) is 0 Å². The summed E-state index contributed by atoms with van der Waals surface area (Å²) >= 11 is 0. The number of methoxy groups -OCH3 is 1. The van der Waals surface area contributed by atoms with Gasteiger partial charge in [-0.05, 0) is 57.6 Å². The second kappa shape index (κ2) is 7.23. The van der Waals surface area contributed by atoms with Crippen molar-refractivity contribution >= 4 is 17.4 Å². The van der Waals surface area contributed by atoms with Gasteiger partial charge in [0.2, 0.25) is 0 Å². The van der Waals surface area contributed by atoms with Crippen molar-refractivity contribution in [3.05, 3.63) is 40.5 Å². The number of esters is 1. The Labute approximate surface area is 154 Å². The highest BCUT2D eigenvalue weighted by atomic mass is 16.5. The zero-order valence-corrected chi connectivity index (χ0v) is 16.0. The van der Waals surface area contributed by atoms with Crippen LogP contribution in [0.15, 0.2) is 23.8 Å². The molecule has 26 heavy (non-hydrogen) atoms. The fraction of sp³-hybridized carbons (Fsp3) is 0.524. The van der Waals surface area contributed by atoms with Gasteiger partial charge in [0, 0.05) is 7.11 Å². The molecule has 140 valence electrons. The Kier molecular flexibility index (Phi) is 5.19. The minimum absolute atomic E-state index is 0.172. The average molecular weight is 357 g/mol. The van der Waals surface area contributed by atoms with Crippen molar-refractivity contribution in [3.8, 4) is 0 Å². The topological polar surface area (TPSA) is 64.6 Å². The molecule has 5 nitrogen and oxygen atoms in total. The largest absolute Gasteiger partial charge is 0.463 e. The van der Waals surface area contributed by atoms with Gasteiger partial charge >= 0.3 is 5.97 Å². The molecule has 1 aliphatic carbocycles. The van der Waals surface area contributed by atoms with E-state index in [2.05, 4.69) is 5.32 Å². The lowest BCUT2D eigenvalue weighted by atomic mass is 9.75. The quantitative estimate of drug-likeness (QED) is 0.841. The standard InChI is InChI=1S/C21H27NO4/c1-5-26-20(24)18-17(16-12-13(2)6-7-14(16)3)19(23)22-21(18)10-8-15(25-4)9-11-21/h6-7,12,15H,5,8-11H2,1-4H3,(H,22,23). The smallest absolute Gasteiger partial charge is 0.337 e. The van der Waals surface area contributed by atoms with E-state index in [1.165, 1.54) is 0 Å². The number of ether oxygens (including phenoxy) is 2. The minimum atomic E-state index is -0.649. The van der Waals surface area contributed by atoms with Crippen LogP contribution in [0.3, 0.4) is 0 Å². The number of amides is 1. The summed E-state index contributed by atoms with van der Waals surface area (Å²) in [5.74, 6) is -0.574. The lowest BCUT2D eigenvalue weighted by molar-refractivity contribution is -0.139. The first-order chi connectivity index (χ1) is 12.4. The Morgan fingerprint density at radius 3 is 2.58 bits per heavy atom. The Morgan fingerprint density at radius 2 is 1.96 bits per heavy atom. The van der Waals surface area contributed by atoms with Gasteiger partial charge in [0.05, 0.1) is 29.4 Å². The van der Waals surface area contributed by atoms with Crippen LogP contribution >= 0.6 is 0 Å². The number of carbonyl (C=O) groups is 2. The van der Waals surface area contributed by atoms with Crippen molar-refractivity contribution in [1.82, 2.24) is 5.32 Å². The van der Waals surface area contributed by atoms with E-state index in [0.717, 1.165) is 29.5 Å². The molecule has 0 bridgehead atoms. The van der Waals surface area contributed by atoms with Crippen LogP contribution in [0.5, 0.6) is 0 Å². The molecule has 2 aliphatic rings. The molecule has 0 radical (unpaired) electrons. The fourth-order valence-corrected chi connectivity index (χ4v) is 4.15. The Hall–Kier alpha value is -2.14. The first kappa shape index (κ1) is 18.6. The molecule has 5 heteroatoms. The molecule has 0 saturated heterocycles. The van der Waals surface area contributed by atoms with Crippen molar-refractivity contribution in [3.63, 3.8) is 0 Å². The fourth-order valence-electron chi connectivity index (χ4n) is 4.15. The molecule has 1 aliphatic heterocycles. The lowest BCUT2D eigenvalue weighted by Crippen LogP contribution is -2.50. The van der Waals surface area contributed by atoms with E-state index in [4.69, 9.17) is 9.47 Å². The summed E-state index contributed by atoms with van der Waals surface area (Å²) in [5, 5.41) is 3.13. The normalized spacial score (nSPS) is 25.5. The lowest BCUT2D eigenvalue weighted by Gasteiger charge is -2.38. The first-order valence-electron chi connectivity index (χ1n) is 9.26. The Bertz CT molecular complexity index is 757. The summed E-state index contributed by atoms with van der Waals surface area (Å²) in [6.45, 7) is 6.02. The maximum absolute atomic E-state index is 13.0. The van der Waals surface area contributed by atoms with Crippen molar-refractivity contribution < 1.29 is 19.1 Å². The molecule has 1 N–H and O–H groups in total. The van der Waals surface area contributed by atoms with Gasteiger partial charge in [-0.2, -0.15) is 0 Å². The number of carbonyl (C=O) groups excluding carboxylic acids is 2. The molecular formula is C21H27NO4. The van der Waals surface area contributed by atoms with Gasteiger partial charge in [-0.1, -0.05) is 23.8 Å². The van der Waals surface area contributed by atoms with E-state index in [1.54, 1.807) is 14.0 Å². The molecule has 0 unspecified atom stereocenters. The van der Waals surface area contributed by atoms with Gasteiger partial charge in [0.1, 0.15) is 0 Å². The monoisotopic (exact) mass is 357 g/mol. The molecule has 1 heterocycles. The number of nitrogens with one attached hydrogen (secondary N) is 1. The summed E-state index contributed by atoms with van der Waals surface area (Å²) in [5.41, 5.74) is 3.16. The maximum atomic E-state index is 13.0. The summed E-state index contributed by atoms with van der Waals surface area (Å²) in [7, 11) is 1.71. The van der Waals surface area contributed by atoms with E-state index < -0.39 is 11.5 Å². The first-order valence-corrected chi connectivity index (χ1v) is 9.26. The van der Waals surface area contributed by atoms with Gasteiger partial charge in [0.25, 0.3) is 5.91 Å². The van der Waals surface area contributed by atoms with E-state index in [9.17, 15) is 9.59 Å². The van der Waals surface area contributed by atoms with Crippen molar-refractivity contribution in [2.45, 2.75) is 58.1 Å². The molecular weight excluding hydrogens is 330 g/mol. The zero-order valence-electron chi connectivity index (χ0n) is 16.0. The number of benzene rings is 1. The summed E-state index contributed by atoms with van der Waals surface area (Å²) < 4.78 is 10.8. The van der Waals surface area contributed by atoms with Crippen molar-refractivity contribution in [1.29, 1.82) is 0 Å². The van der Waals surface area contributed by atoms with Crippen molar-refractivity contribution in [2.24, 2.45) is 0 Å². The van der Waals surface area contributed by atoms with Crippen LogP contribution < -0.4 is 5.32 Å². The third-order valence-corrected chi connectivity index (χ3v) is 5.57. The zero-order chi connectivity index (χ0) is 18.9. The molecule has 1 aromatic carbocycles. The highest BCUT2D eigenvalue weighted by Gasteiger charge is 2.50. The highest BCUT2D eigenvalue weighted by Crippen LogP contribution is 2.44. The predicted octanol–water partition coefficient (Wildman–Crippen LogP) is 3.08. The Balaban J connectivity index is 2.14. The molecule has 1 amide bonds. The van der Waals surface area contributed by atoms with Crippen LogP contribution in [0.2, 0.25) is 0 Å². The van der Waals surface area contributed by atoms with Crippen LogP contribution in [0.1, 0.15) is 49.3 Å². The Morgan fingerprint density at radius 1 is 1.27 bits per heavy atom. The van der Waals surface area contributed by atoms with Crippen LogP contribution in [0.4, 0.5) is 0 Å². The number of hydrogen-bond acceptors (Lipinski definition) is 4. The van der Waals surface area contributed by atoms with E-state index in [1.807, 2.05) is 32.0 Å². The van der Waals surface area contributed by atoms with Crippen LogP contribution in [0.25, 0.3) is 5.57 Å². The van der Waals surface area contributed by atoms with Gasteiger partial charge < -0.3 is 14.8 Å². The van der Waals surface area contributed by atoms with Crippen LogP contribution in [0, 0.1) is 13.8 Å². The number of rotatable bonds is 4. The second-order valence-electron chi connectivity index (χ2n) is 7.26. The average Bonchev–Trinajstić information content (AvgIpc) is 2.89. The molecule has 1 spiro atoms. The predicted molar refractivity (Wildman–Crippen MR) is 99.6 cm³/mol. The molecule has 1 fully saturated rings. The third-order valence-electron chi connectivity index (χ3n) is 5.57. The van der Waals surface area contributed by atoms with Crippen LogP contribution in [-0.4, -0.2) is 37.2 Å². The van der Waals surface area contributed by atoms with E-state index in [0.29, 0.717) is 24.0 Å². The van der Waals surface area contributed by atoms with Crippen molar-refractivity contribution in [2.75, 3.05) is 13.7 Å². The SMILES string of the molecule is CCOC(=O)C1=C(c2cc(C)ccc2C)C(=O)NC12CCC(OC)CC2. The number of aryl methyl sites for hydroxylation is 2. The highest BCUT2D eigenvalue weighted by molar-refractivity contribution is 6.29. The maximum Gasteiger partial charge on any atom is 0.337 e. The number of hydrogen-bond donors (Lipinski definition) is 1. The third kappa shape index (κ3) is 3.16. The molecule has 3 rings (SSSR count). The second-order valence-corrected chi connectivity index (χ2v) is 7.26. The van der Waals surface area contributed by atoms with Gasteiger partial charge in [-0.25, -0.2) is 4.79 Å². The van der Waals surface area contributed by atoms with Crippen LogP contribution in [-0.2, 0) is 19.1 Å². The molecule has 0 atom stereocenters. The minimum Gasteiger partial charge on any atom is -0.463 e. The van der Waals surface area contributed by atoms with Gasteiger partial charge in [-0.3, -0.25) is 4.79 Å². The summed E-state index contributed by atoms with van der Waals surface area (Å²) in [4.78, 5) is 25.9. The molecule has 1 aromatic rings. The van der Waals surface area contributed by atoms with E-state index >= 15 is 0 Å². The summed E-state index contributed by atoms with van der Waals surface area (Å²) in [6, 6.07) is 5.97. The molecule has 0 aromatic heterocycles.